The van der Waals surface area contributed by atoms with Crippen LogP contribution < -0.4 is 4.90 Å². The highest BCUT2D eigenvalue weighted by atomic mass is 19.1. The second-order valence-electron chi connectivity index (χ2n) is 17.6. The molecule has 2 heterocycles. The number of nitrogens with zero attached hydrogens (tertiary/aromatic N) is 4. The van der Waals surface area contributed by atoms with Crippen molar-refractivity contribution in [1.82, 2.24) is 14.8 Å². The quantitative estimate of drug-likeness (QED) is 0.0220. The predicted octanol–water partition coefficient (Wildman–Crippen LogP) is 9.40. The molecule has 1 N–H and O–H groups in total. The third-order valence-corrected chi connectivity index (χ3v) is 12.5. The van der Waals surface area contributed by atoms with Gasteiger partial charge in [-0.05, 0) is 101 Å². The van der Waals surface area contributed by atoms with Gasteiger partial charge < -0.3 is 24.2 Å². The summed E-state index contributed by atoms with van der Waals surface area (Å²) in [5.74, 6) is 4.02. The zero-order valence-electron chi connectivity index (χ0n) is 40.1. The first kappa shape index (κ1) is 49.9. The standard InChI is InChI=1S/C59H53FN4O8/c1-41(65)70-38-58(69,39-71-42(2)66)37-13-14-44-21-26-47(27-22-44)56-53(34-35-54(72-43(3)67)46-28-30-51(60)31-29-46)57(68)64(56)52-32-23-45(24-33-52)25-36-55-61-40-63(62-55)59(48-15-7-4-8-16-48,49-17-9-5-10-18-49)50-19-11-6-12-20-50/h4-13,15-24,26-33,37,40,53-54,56,69H,14,34-35,38-39H2,1-3H3/b37-13+/t53?,54-,56+/m0/s1. The van der Waals surface area contributed by atoms with Crippen LogP contribution in [0.25, 0.3) is 0 Å². The van der Waals surface area contributed by atoms with Crippen LogP contribution in [0.4, 0.5) is 10.1 Å². The fourth-order valence-corrected chi connectivity index (χ4v) is 9.11. The number of aromatic nitrogens is 3. The zero-order chi connectivity index (χ0) is 50.7. The van der Waals surface area contributed by atoms with E-state index < -0.39 is 66.1 Å². The van der Waals surface area contributed by atoms with Gasteiger partial charge in [0.15, 0.2) is 5.60 Å². The second kappa shape index (κ2) is 22.5. The molecule has 72 heavy (non-hydrogen) atoms. The average Bonchev–Trinajstić information content (AvgIpc) is 3.87. The molecule has 8 rings (SSSR count). The Labute approximate surface area is 417 Å². The molecule has 1 aliphatic rings. The summed E-state index contributed by atoms with van der Waals surface area (Å²) in [7, 11) is 0. The van der Waals surface area contributed by atoms with Crippen molar-refractivity contribution in [3.63, 3.8) is 0 Å². The van der Waals surface area contributed by atoms with E-state index in [4.69, 9.17) is 19.3 Å². The van der Waals surface area contributed by atoms with Crippen molar-refractivity contribution in [2.75, 3.05) is 18.1 Å². The van der Waals surface area contributed by atoms with Crippen LogP contribution in [-0.2, 0) is 45.3 Å². The van der Waals surface area contributed by atoms with Crippen LogP contribution in [0.1, 0.15) is 90.5 Å². The van der Waals surface area contributed by atoms with E-state index >= 15 is 0 Å². The number of esters is 3. The summed E-state index contributed by atoms with van der Waals surface area (Å²) in [6.07, 6.45) is 5.24. The number of β-lactam (4-membered cyclic amide) rings is 1. The van der Waals surface area contributed by atoms with Gasteiger partial charge in [0.2, 0.25) is 11.7 Å². The molecule has 3 atom stereocenters. The summed E-state index contributed by atoms with van der Waals surface area (Å²) in [5.41, 5.74) is 4.16. The van der Waals surface area contributed by atoms with Crippen LogP contribution in [0.5, 0.6) is 0 Å². The topological polar surface area (TPSA) is 150 Å². The minimum absolute atomic E-state index is 0.111. The van der Waals surface area contributed by atoms with Crippen molar-refractivity contribution in [3.05, 3.63) is 233 Å². The summed E-state index contributed by atoms with van der Waals surface area (Å²) >= 11 is 0. The molecule has 12 nitrogen and oxygen atoms in total. The number of carbonyl (C=O) groups excluding carboxylic acids is 4. The number of rotatable bonds is 18. The molecular formula is C59H53FN4O8. The number of amides is 1. The third-order valence-electron chi connectivity index (χ3n) is 12.5. The molecule has 13 heteroatoms. The van der Waals surface area contributed by atoms with Crippen LogP contribution in [-0.4, -0.2) is 62.5 Å². The van der Waals surface area contributed by atoms with Gasteiger partial charge in [-0.3, -0.25) is 19.2 Å². The van der Waals surface area contributed by atoms with Gasteiger partial charge >= 0.3 is 17.9 Å². The SMILES string of the molecule is CC(=O)OCC(O)(/C=C/Cc1ccc([C@@H]2C(CC[C@H](OC(C)=O)c3ccc(F)cc3)C(=O)N2c2ccc(C#Cc3ncn(C(c4ccccc4)(c4ccccc4)c4ccccc4)n3)cc2)cc1)COC(C)=O. The van der Waals surface area contributed by atoms with Gasteiger partial charge in [-0.1, -0.05) is 139 Å². The van der Waals surface area contributed by atoms with Crippen molar-refractivity contribution >= 4 is 29.5 Å². The van der Waals surface area contributed by atoms with E-state index in [1.54, 1.807) is 29.4 Å². The van der Waals surface area contributed by atoms with Gasteiger partial charge in [0, 0.05) is 32.0 Å². The maximum atomic E-state index is 14.3. The summed E-state index contributed by atoms with van der Waals surface area (Å²) in [5, 5.41) is 16.0. The number of ether oxygens (including phenoxy) is 3. The molecule has 7 aromatic rings. The Morgan fingerprint density at radius 3 is 1.81 bits per heavy atom. The fourth-order valence-electron chi connectivity index (χ4n) is 9.11. The highest BCUT2D eigenvalue weighted by Crippen LogP contribution is 2.47. The van der Waals surface area contributed by atoms with Gasteiger partial charge in [0.25, 0.3) is 0 Å². The third kappa shape index (κ3) is 11.6. The molecule has 1 amide bonds. The Morgan fingerprint density at radius 2 is 1.28 bits per heavy atom. The summed E-state index contributed by atoms with van der Waals surface area (Å²) in [6.45, 7) is 2.97. The Morgan fingerprint density at radius 1 is 0.722 bits per heavy atom. The van der Waals surface area contributed by atoms with Gasteiger partial charge in [-0.2, -0.15) is 0 Å². The smallest absolute Gasteiger partial charge is 0.303 e. The summed E-state index contributed by atoms with van der Waals surface area (Å²) < 4.78 is 31.5. The van der Waals surface area contributed by atoms with Crippen molar-refractivity contribution in [2.24, 2.45) is 5.92 Å². The first-order valence-corrected chi connectivity index (χ1v) is 23.6. The van der Waals surface area contributed by atoms with Crippen LogP contribution in [0.15, 0.2) is 182 Å². The van der Waals surface area contributed by atoms with E-state index in [1.807, 2.05) is 108 Å². The molecule has 0 aliphatic carbocycles. The van der Waals surface area contributed by atoms with E-state index in [1.165, 1.54) is 39.0 Å². The molecule has 1 aliphatic heterocycles. The van der Waals surface area contributed by atoms with E-state index in [9.17, 15) is 28.7 Å². The summed E-state index contributed by atoms with van der Waals surface area (Å²) in [4.78, 5) is 55.8. The van der Waals surface area contributed by atoms with E-state index in [0.29, 0.717) is 41.9 Å². The Bertz CT molecular complexity index is 2960. The lowest BCUT2D eigenvalue weighted by Crippen LogP contribution is -2.55. The van der Waals surface area contributed by atoms with Crippen LogP contribution in [0.2, 0.25) is 0 Å². The molecule has 0 bridgehead atoms. The number of halogens is 1. The lowest BCUT2D eigenvalue weighted by atomic mass is 9.77. The van der Waals surface area contributed by atoms with E-state index in [0.717, 1.165) is 27.8 Å². The Hall–Kier alpha value is -8.47. The average molecular weight is 965 g/mol. The number of allylic oxidation sites excluding steroid dienone is 1. The summed E-state index contributed by atoms with van der Waals surface area (Å²) in [6, 6.07) is 51.1. The van der Waals surface area contributed by atoms with Crippen LogP contribution in [0.3, 0.4) is 0 Å². The van der Waals surface area contributed by atoms with E-state index in [-0.39, 0.29) is 5.91 Å². The molecular weight excluding hydrogens is 912 g/mol. The highest BCUT2D eigenvalue weighted by Gasteiger charge is 2.48. The van der Waals surface area contributed by atoms with Crippen LogP contribution >= 0.6 is 0 Å². The van der Waals surface area contributed by atoms with Crippen molar-refractivity contribution < 1.29 is 42.9 Å². The second-order valence-corrected chi connectivity index (χ2v) is 17.6. The monoisotopic (exact) mass is 964 g/mol. The molecule has 0 spiro atoms. The first-order chi connectivity index (χ1) is 34.8. The number of hydrogen-bond donors (Lipinski definition) is 1. The van der Waals surface area contributed by atoms with Crippen molar-refractivity contribution in [1.29, 1.82) is 0 Å². The largest absolute Gasteiger partial charge is 0.462 e. The fraction of sp³-hybridized carbons (Fsp3) is 0.220. The van der Waals surface area contributed by atoms with Gasteiger partial charge in [-0.15, -0.1) is 5.10 Å². The Kier molecular flexibility index (Phi) is 15.6. The molecule has 1 fully saturated rings. The van der Waals surface area contributed by atoms with Gasteiger partial charge in [0.1, 0.15) is 37.0 Å². The maximum absolute atomic E-state index is 14.3. The molecule has 1 unspecified atom stereocenters. The minimum Gasteiger partial charge on any atom is -0.462 e. The number of carbonyl (C=O) groups is 4. The predicted molar refractivity (Wildman–Crippen MR) is 268 cm³/mol. The Balaban J connectivity index is 1.05. The molecule has 0 saturated carbocycles. The molecule has 364 valence electrons. The maximum Gasteiger partial charge on any atom is 0.303 e. The van der Waals surface area contributed by atoms with E-state index in [2.05, 4.69) is 53.2 Å². The zero-order valence-corrected chi connectivity index (χ0v) is 40.1. The lowest BCUT2D eigenvalue weighted by molar-refractivity contribution is -0.155. The molecule has 1 saturated heterocycles. The normalized spacial score (nSPS) is 15.0. The lowest BCUT2D eigenvalue weighted by Gasteiger charge is -2.48. The number of aliphatic hydroxyl groups is 1. The molecule has 0 radical (unpaired) electrons. The number of benzene rings is 6. The molecule has 1 aromatic heterocycles. The number of hydrogen-bond acceptors (Lipinski definition) is 10. The van der Waals surface area contributed by atoms with Crippen molar-refractivity contribution in [2.45, 2.75) is 63.3 Å². The van der Waals surface area contributed by atoms with Crippen molar-refractivity contribution in [3.8, 4) is 11.8 Å². The van der Waals surface area contributed by atoms with Crippen LogP contribution in [0, 0.1) is 23.6 Å². The van der Waals surface area contributed by atoms with Gasteiger partial charge in [0.05, 0.1) is 12.0 Å². The molecule has 6 aromatic carbocycles. The number of anilines is 1. The van der Waals surface area contributed by atoms with Gasteiger partial charge in [-0.25, -0.2) is 14.1 Å². The first-order valence-electron chi connectivity index (χ1n) is 23.6. The minimum atomic E-state index is -1.73. The highest BCUT2D eigenvalue weighted by molar-refractivity contribution is 6.03.